The average Bonchev–Trinajstić information content (AvgIpc) is 3.70. The molecule has 0 unspecified atom stereocenters. The van der Waals surface area contributed by atoms with Gasteiger partial charge in [-0.2, -0.15) is 0 Å². The molecule has 4 aliphatic rings. The van der Waals surface area contributed by atoms with Crippen LogP contribution in [-0.2, 0) is 10.2 Å². The smallest absolute Gasteiger partial charge is 0.238 e. The zero-order chi connectivity index (χ0) is 27.7. The van der Waals surface area contributed by atoms with Gasteiger partial charge in [0.05, 0.1) is 12.0 Å². The van der Waals surface area contributed by atoms with Gasteiger partial charge in [0.1, 0.15) is 11.5 Å². The Bertz CT molecular complexity index is 1800. The normalized spacial score (nSPS) is 24.5. The lowest BCUT2D eigenvalue weighted by Crippen LogP contribution is -2.49. The second kappa shape index (κ2) is 8.66. The Hall–Kier alpha value is -5.17. The molecule has 1 fully saturated rings. The number of para-hydroxylation sites is 1. The predicted molar refractivity (Wildman–Crippen MR) is 152 cm³/mol. The van der Waals surface area contributed by atoms with Crippen LogP contribution in [-0.4, -0.2) is 35.2 Å². The molecule has 7 heteroatoms. The monoisotopic (exact) mass is 540 g/mol. The highest BCUT2D eigenvalue weighted by Crippen LogP contribution is 2.62. The van der Waals surface area contributed by atoms with Crippen LogP contribution in [0, 0.1) is 5.92 Å². The largest absolute Gasteiger partial charge is 0.454 e. The van der Waals surface area contributed by atoms with Gasteiger partial charge >= 0.3 is 0 Å². The first kappa shape index (κ1) is 23.7. The molecule has 7 nitrogen and oxygen atoms in total. The number of benzene rings is 4. The number of nitrogens with one attached hydrogen (secondary N) is 1. The number of ketones is 2. The van der Waals surface area contributed by atoms with Gasteiger partial charge in [-0.1, -0.05) is 72.8 Å². The number of ether oxygens (including phenoxy) is 2. The number of carbonyl (C=O) groups excluding carboxylic acids is 3. The predicted octanol–water partition coefficient (Wildman–Crippen LogP) is 5.40. The van der Waals surface area contributed by atoms with Gasteiger partial charge in [0.2, 0.25) is 12.7 Å². The molecule has 0 aromatic heterocycles. The first-order chi connectivity index (χ1) is 20.1. The van der Waals surface area contributed by atoms with Gasteiger partial charge < -0.3 is 19.7 Å². The molecule has 1 saturated heterocycles. The third-order valence-electron chi connectivity index (χ3n) is 8.84. The van der Waals surface area contributed by atoms with Crippen molar-refractivity contribution >= 4 is 29.2 Å². The maximum atomic E-state index is 14.7. The van der Waals surface area contributed by atoms with Crippen molar-refractivity contribution < 1.29 is 23.9 Å². The van der Waals surface area contributed by atoms with Crippen LogP contribution in [0.15, 0.2) is 103 Å². The Morgan fingerprint density at radius 3 is 2.44 bits per heavy atom. The van der Waals surface area contributed by atoms with E-state index in [1.807, 2.05) is 71.8 Å². The molecule has 1 amide bonds. The van der Waals surface area contributed by atoms with Gasteiger partial charge in [-0.3, -0.25) is 14.4 Å². The maximum Gasteiger partial charge on any atom is 0.238 e. The highest BCUT2D eigenvalue weighted by molar-refractivity contribution is 6.16. The van der Waals surface area contributed by atoms with Crippen LogP contribution >= 0.6 is 0 Å². The lowest BCUT2D eigenvalue weighted by molar-refractivity contribution is -0.122. The average molecular weight is 541 g/mol. The number of hydrogen-bond acceptors (Lipinski definition) is 6. The molecule has 0 bridgehead atoms. The summed E-state index contributed by atoms with van der Waals surface area (Å²) in [6.45, 7) is 0.0826. The van der Waals surface area contributed by atoms with Gasteiger partial charge in [0, 0.05) is 23.0 Å². The number of carbonyl (C=O) groups is 3. The number of rotatable bonds is 4. The zero-order valence-corrected chi connectivity index (χ0v) is 21.8. The summed E-state index contributed by atoms with van der Waals surface area (Å²) >= 11 is 0. The summed E-state index contributed by atoms with van der Waals surface area (Å²) in [6.07, 6.45) is 3.82. The Morgan fingerprint density at radius 1 is 0.805 bits per heavy atom. The topological polar surface area (TPSA) is 84.9 Å². The van der Waals surface area contributed by atoms with Gasteiger partial charge in [-0.05, 0) is 47.0 Å². The summed E-state index contributed by atoms with van der Waals surface area (Å²) in [4.78, 5) is 45.8. The molecule has 8 rings (SSSR count). The van der Waals surface area contributed by atoms with E-state index >= 15 is 0 Å². The highest BCUT2D eigenvalue weighted by atomic mass is 16.7. The van der Waals surface area contributed by atoms with Crippen molar-refractivity contribution in [2.45, 2.75) is 17.5 Å². The molecule has 0 radical (unpaired) electrons. The molecule has 1 N–H and O–H groups in total. The molecular weight excluding hydrogens is 516 g/mol. The second-order valence-corrected chi connectivity index (χ2v) is 10.7. The molecule has 0 aliphatic carbocycles. The minimum atomic E-state index is -1.36. The summed E-state index contributed by atoms with van der Waals surface area (Å²) in [6, 6.07) is 27.8. The molecule has 4 atom stereocenters. The number of hydrogen-bond donors (Lipinski definition) is 1. The van der Waals surface area contributed by atoms with E-state index in [1.165, 1.54) is 0 Å². The number of amides is 1. The molecular formula is C34H24N2O5. The molecule has 4 aliphatic heterocycles. The van der Waals surface area contributed by atoms with E-state index in [-0.39, 0.29) is 24.3 Å². The van der Waals surface area contributed by atoms with Crippen LogP contribution in [0.2, 0.25) is 0 Å². The molecule has 4 heterocycles. The van der Waals surface area contributed by atoms with Gasteiger partial charge in [0.15, 0.2) is 23.1 Å². The quantitative estimate of drug-likeness (QED) is 0.349. The van der Waals surface area contributed by atoms with Crippen LogP contribution in [0.25, 0.3) is 6.08 Å². The van der Waals surface area contributed by atoms with E-state index in [0.29, 0.717) is 28.3 Å². The number of nitrogens with zero attached hydrogens (tertiary/aromatic N) is 1. The second-order valence-electron chi connectivity index (χ2n) is 10.7. The minimum Gasteiger partial charge on any atom is -0.454 e. The maximum absolute atomic E-state index is 14.7. The zero-order valence-electron chi connectivity index (χ0n) is 21.8. The Kier molecular flexibility index (Phi) is 5.01. The van der Waals surface area contributed by atoms with Crippen molar-refractivity contribution in [3.63, 3.8) is 0 Å². The molecule has 1 spiro atoms. The summed E-state index contributed by atoms with van der Waals surface area (Å²) in [5.74, 6) is -0.775. The molecule has 0 saturated carbocycles. The van der Waals surface area contributed by atoms with Gasteiger partial charge in [0.25, 0.3) is 0 Å². The summed E-state index contributed by atoms with van der Waals surface area (Å²) in [5, 5.41) is 3.07. The number of anilines is 1. The molecule has 200 valence electrons. The van der Waals surface area contributed by atoms with Crippen molar-refractivity contribution in [3.8, 4) is 11.5 Å². The summed E-state index contributed by atoms with van der Waals surface area (Å²) in [7, 11) is 0. The van der Waals surface area contributed by atoms with Crippen molar-refractivity contribution in [1.82, 2.24) is 4.90 Å². The van der Waals surface area contributed by atoms with Crippen molar-refractivity contribution in [2.75, 3.05) is 12.1 Å². The van der Waals surface area contributed by atoms with E-state index < -0.39 is 23.4 Å². The van der Waals surface area contributed by atoms with Crippen LogP contribution < -0.4 is 14.8 Å². The first-order valence-corrected chi connectivity index (χ1v) is 13.6. The fourth-order valence-electron chi connectivity index (χ4n) is 7.17. The Morgan fingerprint density at radius 2 is 1.56 bits per heavy atom. The van der Waals surface area contributed by atoms with E-state index in [9.17, 15) is 14.4 Å². The third kappa shape index (κ3) is 3.17. The molecule has 4 aromatic rings. The third-order valence-corrected chi connectivity index (χ3v) is 8.84. The van der Waals surface area contributed by atoms with E-state index in [2.05, 4.69) is 5.32 Å². The van der Waals surface area contributed by atoms with Crippen molar-refractivity contribution in [2.24, 2.45) is 5.92 Å². The van der Waals surface area contributed by atoms with E-state index in [1.54, 1.807) is 42.5 Å². The lowest BCUT2D eigenvalue weighted by atomic mass is 9.62. The van der Waals surface area contributed by atoms with Crippen LogP contribution in [0.5, 0.6) is 11.5 Å². The highest BCUT2D eigenvalue weighted by Gasteiger charge is 2.70. The lowest BCUT2D eigenvalue weighted by Gasteiger charge is -2.38. The van der Waals surface area contributed by atoms with Crippen molar-refractivity contribution in [1.29, 1.82) is 0 Å². The van der Waals surface area contributed by atoms with E-state index in [4.69, 9.17) is 9.47 Å². The number of fused-ring (bicyclic) bond motifs is 7. The summed E-state index contributed by atoms with van der Waals surface area (Å²) in [5.41, 5.74) is 2.71. The summed E-state index contributed by atoms with van der Waals surface area (Å²) < 4.78 is 11.0. The SMILES string of the molecule is O=C(c1ccc2c(c1)OCO2)[C@@H]1[C@@H](C(=O)c2ccccc2)[C@@]2(C(=O)Nc3ccccc32)[C@H]2c3ccccc3C=CN12. The van der Waals surface area contributed by atoms with E-state index in [0.717, 1.165) is 16.7 Å². The Balaban J connectivity index is 1.41. The van der Waals surface area contributed by atoms with Crippen molar-refractivity contribution in [3.05, 3.63) is 131 Å². The van der Waals surface area contributed by atoms with Gasteiger partial charge in [-0.25, -0.2) is 0 Å². The van der Waals surface area contributed by atoms with Gasteiger partial charge in [-0.15, -0.1) is 0 Å². The molecule has 41 heavy (non-hydrogen) atoms. The fourth-order valence-corrected chi connectivity index (χ4v) is 7.17. The van der Waals surface area contributed by atoms with Crippen LogP contribution in [0.4, 0.5) is 5.69 Å². The fraction of sp³-hybridized carbons (Fsp3) is 0.147. The Labute approximate surface area is 236 Å². The van der Waals surface area contributed by atoms with Crippen LogP contribution in [0.1, 0.15) is 43.4 Å². The molecule has 4 aromatic carbocycles. The first-order valence-electron chi connectivity index (χ1n) is 13.6. The standard InChI is InChI=1S/C34H24N2O5/c37-30(21-9-2-1-3-10-21)28-29(31(38)22-14-15-26-27(18-22)41-19-40-26)36-17-16-20-8-4-5-11-23(20)32(36)34(28)24-12-6-7-13-25(24)35-33(34)39/h1-18,28-29,32H,19H2,(H,35,39)/t28-,29-,32+,34+/m0/s1. The van der Waals surface area contributed by atoms with Crippen LogP contribution in [0.3, 0.4) is 0 Å². The number of Topliss-reactive ketones (excluding diaryl/α,β-unsaturated/α-hetero) is 2. The minimum absolute atomic E-state index is 0.0826.